The summed E-state index contributed by atoms with van der Waals surface area (Å²) >= 11 is 12.6. The van der Waals surface area contributed by atoms with Crippen LogP contribution in [0.15, 0.2) is 36.4 Å². The van der Waals surface area contributed by atoms with Crippen LogP contribution in [0.4, 0.5) is 5.69 Å². The number of hydrogen-bond donors (Lipinski definition) is 1. The van der Waals surface area contributed by atoms with Crippen LogP contribution in [0.25, 0.3) is 0 Å². The molecule has 0 radical (unpaired) electrons. The van der Waals surface area contributed by atoms with Crippen molar-refractivity contribution in [1.82, 2.24) is 0 Å². The molecular formula is C21H21Cl2NO4. The molecule has 1 N–H and O–H groups in total. The highest BCUT2D eigenvalue weighted by Crippen LogP contribution is 2.49. The Morgan fingerprint density at radius 2 is 1.93 bits per heavy atom. The smallest absolute Gasteiger partial charge is 0.264 e. The van der Waals surface area contributed by atoms with Crippen molar-refractivity contribution in [2.75, 3.05) is 18.1 Å². The SMILES string of the molecule is CC(=O)CC1(O)C(=O)N(CCCOc2cccc(C)c2)c2c(Cl)ccc(Cl)c21. The molecule has 7 heteroatoms. The van der Waals surface area contributed by atoms with Gasteiger partial charge in [-0.05, 0) is 50.1 Å². The molecule has 0 fully saturated rings. The molecule has 0 saturated carbocycles. The number of carbonyl (C=O) groups excluding carboxylic acids is 2. The lowest BCUT2D eigenvalue weighted by molar-refractivity contribution is -0.141. The Morgan fingerprint density at radius 1 is 1.21 bits per heavy atom. The second-order valence-corrected chi connectivity index (χ2v) is 7.78. The number of Topliss-reactive ketones (excluding diaryl/α,β-unsaturated/α-hetero) is 1. The molecule has 3 rings (SSSR count). The molecule has 148 valence electrons. The van der Waals surface area contributed by atoms with Gasteiger partial charge in [0.25, 0.3) is 5.91 Å². The van der Waals surface area contributed by atoms with E-state index in [9.17, 15) is 14.7 Å². The van der Waals surface area contributed by atoms with Crippen LogP contribution in [0.5, 0.6) is 5.75 Å². The van der Waals surface area contributed by atoms with E-state index in [1.165, 1.54) is 17.9 Å². The van der Waals surface area contributed by atoms with Gasteiger partial charge in [0, 0.05) is 23.6 Å². The summed E-state index contributed by atoms with van der Waals surface area (Å²) in [5, 5.41) is 11.5. The number of amides is 1. The van der Waals surface area contributed by atoms with E-state index in [1.54, 1.807) is 6.07 Å². The van der Waals surface area contributed by atoms with Crippen molar-refractivity contribution in [3.8, 4) is 5.75 Å². The van der Waals surface area contributed by atoms with E-state index < -0.39 is 11.5 Å². The first-order chi connectivity index (χ1) is 13.2. The number of ether oxygens (including phenoxy) is 1. The number of rotatable bonds is 7. The van der Waals surface area contributed by atoms with Gasteiger partial charge < -0.3 is 14.7 Å². The number of fused-ring (bicyclic) bond motifs is 1. The highest BCUT2D eigenvalue weighted by molar-refractivity contribution is 6.38. The van der Waals surface area contributed by atoms with Gasteiger partial charge in [-0.3, -0.25) is 9.59 Å². The predicted molar refractivity (Wildman–Crippen MR) is 109 cm³/mol. The lowest BCUT2D eigenvalue weighted by atomic mass is 9.90. The predicted octanol–water partition coefficient (Wildman–Crippen LogP) is 4.28. The molecule has 0 saturated heterocycles. The molecule has 5 nitrogen and oxygen atoms in total. The van der Waals surface area contributed by atoms with Crippen LogP contribution in [0.3, 0.4) is 0 Å². The van der Waals surface area contributed by atoms with Gasteiger partial charge in [-0.25, -0.2) is 0 Å². The molecule has 0 aromatic heterocycles. The first-order valence-corrected chi connectivity index (χ1v) is 9.71. The Labute approximate surface area is 173 Å². The monoisotopic (exact) mass is 421 g/mol. The fraction of sp³-hybridized carbons (Fsp3) is 0.333. The maximum absolute atomic E-state index is 13.0. The number of benzene rings is 2. The fourth-order valence-electron chi connectivity index (χ4n) is 3.49. The summed E-state index contributed by atoms with van der Waals surface area (Å²) in [4.78, 5) is 26.1. The highest BCUT2D eigenvalue weighted by Gasteiger charge is 2.52. The van der Waals surface area contributed by atoms with Crippen molar-refractivity contribution >= 4 is 40.6 Å². The third-order valence-corrected chi connectivity index (χ3v) is 5.27. The fourth-order valence-corrected chi connectivity index (χ4v) is 4.05. The van der Waals surface area contributed by atoms with Crippen molar-refractivity contribution < 1.29 is 19.4 Å². The van der Waals surface area contributed by atoms with E-state index in [0.29, 0.717) is 23.7 Å². The molecule has 0 spiro atoms. The zero-order valence-electron chi connectivity index (χ0n) is 15.7. The lowest BCUT2D eigenvalue weighted by Gasteiger charge is -2.22. The average Bonchev–Trinajstić information content (AvgIpc) is 2.84. The minimum absolute atomic E-state index is 0.196. The van der Waals surface area contributed by atoms with E-state index in [1.807, 2.05) is 31.2 Å². The number of hydrogen-bond acceptors (Lipinski definition) is 4. The van der Waals surface area contributed by atoms with Gasteiger partial charge in [0.05, 0.1) is 17.3 Å². The van der Waals surface area contributed by atoms with Crippen LogP contribution in [0.2, 0.25) is 10.0 Å². The summed E-state index contributed by atoms with van der Waals surface area (Å²) < 4.78 is 5.73. The molecule has 1 amide bonds. The minimum Gasteiger partial charge on any atom is -0.494 e. The number of carbonyl (C=O) groups is 2. The highest BCUT2D eigenvalue weighted by atomic mass is 35.5. The second-order valence-electron chi connectivity index (χ2n) is 6.97. The van der Waals surface area contributed by atoms with Crippen LogP contribution in [0, 0.1) is 6.92 Å². The van der Waals surface area contributed by atoms with Gasteiger partial charge in [-0.15, -0.1) is 0 Å². The Balaban J connectivity index is 1.79. The van der Waals surface area contributed by atoms with Crippen LogP contribution < -0.4 is 9.64 Å². The first-order valence-electron chi connectivity index (χ1n) is 8.96. The quantitative estimate of drug-likeness (QED) is 0.677. The molecule has 1 aliphatic rings. The second kappa shape index (κ2) is 8.11. The lowest BCUT2D eigenvalue weighted by Crippen LogP contribution is -2.42. The zero-order chi connectivity index (χ0) is 20.5. The van der Waals surface area contributed by atoms with Gasteiger partial charge in [-0.1, -0.05) is 35.3 Å². The summed E-state index contributed by atoms with van der Waals surface area (Å²) in [5.41, 5.74) is -0.350. The molecule has 1 atom stereocenters. The molecule has 2 aromatic carbocycles. The van der Waals surface area contributed by atoms with E-state index in [0.717, 1.165) is 11.3 Å². The molecular weight excluding hydrogens is 401 g/mol. The summed E-state index contributed by atoms with van der Waals surface area (Å²) in [6.45, 7) is 3.96. The zero-order valence-corrected chi connectivity index (χ0v) is 17.2. The molecule has 1 aliphatic heterocycles. The summed E-state index contributed by atoms with van der Waals surface area (Å²) in [6, 6.07) is 10.8. The minimum atomic E-state index is -2.00. The number of halogens is 2. The van der Waals surface area contributed by atoms with Crippen LogP contribution in [-0.2, 0) is 15.2 Å². The van der Waals surface area contributed by atoms with Crippen molar-refractivity contribution in [1.29, 1.82) is 0 Å². The van der Waals surface area contributed by atoms with Crippen LogP contribution in [0.1, 0.15) is 30.9 Å². The van der Waals surface area contributed by atoms with Crippen LogP contribution >= 0.6 is 23.2 Å². The standard InChI is InChI=1S/C21H21Cl2NO4/c1-13-5-3-6-15(11-13)28-10-4-9-24-19-17(23)8-7-16(22)18(19)21(27,20(24)26)12-14(2)25/h3,5-8,11,27H,4,9-10,12H2,1-2H3. The van der Waals surface area contributed by atoms with Crippen molar-refractivity contribution in [3.05, 3.63) is 57.6 Å². The molecule has 28 heavy (non-hydrogen) atoms. The van der Waals surface area contributed by atoms with Gasteiger partial charge >= 0.3 is 0 Å². The Morgan fingerprint density at radius 3 is 2.61 bits per heavy atom. The Kier molecular flexibility index (Phi) is 5.98. The van der Waals surface area contributed by atoms with Crippen molar-refractivity contribution in [2.45, 2.75) is 32.3 Å². The molecule has 2 aromatic rings. The molecule has 0 bridgehead atoms. The average molecular weight is 422 g/mol. The number of nitrogens with zero attached hydrogens (tertiary/aromatic N) is 1. The van der Waals surface area contributed by atoms with Crippen molar-refractivity contribution in [3.63, 3.8) is 0 Å². The summed E-state index contributed by atoms with van der Waals surface area (Å²) in [6.07, 6.45) is 0.160. The number of anilines is 1. The molecule has 0 aliphatic carbocycles. The van der Waals surface area contributed by atoms with E-state index in [2.05, 4.69) is 0 Å². The van der Waals surface area contributed by atoms with Crippen molar-refractivity contribution in [2.24, 2.45) is 0 Å². The number of ketones is 1. The van der Waals surface area contributed by atoms with E-state index >= 15 is 0 Å². The number of aryl methyl sites for hydroxylation is 1. The Hall–Kier alpha value is -2.08. The van der Waals surface area contributed by atoms with Gasteiger partial charge in [0.2, 0.25) is 0 Å². The van der Waals surface area contributed by atoms with E-state index in [-0.39, 0.29) is 29.3 Å². The van der Waals surface area contributed by atoms with E-state index in [4.69, 9.17) is 27.9 Å². The maximum Gasteiger partial charge on any atom is 0.264 e. The van der Waals surface area contributed by atoms with Gasteiger partial charge in [-0.2, -0.15) is 0 Å². The third-order valence-electron chi connectivity index (χ3n) is 4.65. The maximum atomic E-state index is 13.0. The largest absolute Gasteiger partial charge is 0.494 e. The molecule has 1 heterocycles. The summed E-state index contributed by atoms with van der Waals surface area (Å²) in [5.74, 6) is -0.159. The Bertz CT molecular complexity index is 931. The van der Waals surface area contributed by atoms with Crippen LogP contribution in [-0.4, -0.2) is 29.9 Å². The van der Waals surface area contributed by atoms with Gasteiger partial charge in [0.15, 0.2) is 5.60 Å². The summed E-state index contributed by atoms with van der Waals surface area (Å²) in [7, 11) is 0. The normalized spacial score (nSPS) is 18.3. The third kappa shape index (κ3) is 3.88. The topological polar surface area (TPSA) is 66.8 Å². The van der Waals surface area contributed by atoms with Gasteiger partial charge in [0.1, 0.15) is 11.5 Å². The first kappa shape index (κ1) is 20.6. The molecule has 1 unspecified atom stereocenters. The number of aliphatic hydroxyl groups is 1.